The molecule has 0 saturated heterocycles. The maximum Gasteiger partial charge on any atom is 0.418 e. The van der Waals surface area contributed by atoms with Crippen LogP contribution in [0.1, 0.15) is 17.1 Å². The van der Waals surface area contributed by atoms with Gasteiger partial charge in [0.05, 0.1) is 17.9 Å². The van der Waals surface area contributed by atoms with Gasteiger partial charge >= 0.3 is 6.18 Å². The largest absolute Gasteiger partial charge is 0.452 e. The number of aromatic nitrogens is 4. The van der Waals surface area contributed by atoms with Crippen molar-refractivity contribution < 1.29 is 23.0 Å². The number of aryl methyl sites for hydroxylation is 1. The third kappa shape index (κ3) is 4.68. The van der Waals surface area contributed by atoms with E-state index in [-0.39, 0.29) is 24.6 Å². The van der Waals surface area contributed by atoms with Gasteiger partial charge in [0.2, 0.25) is 5.13 Å². The van der Waals surface area contributed by atoms with Crippen molar-refractivity contribution in [2.24, 2.45) is 0 Å². The molecular formula is C16H14F3N5O2S. The average Bonchev–Trinajstić information content (AvgIpc) is 3.05. The summed E-state index contributed by atoms with van der Waals surface area (Å²) in [6, 6.07) is 4.07. The Hall–Kier alpha value is -2.79. The first-order chi connectivity index (χ1) is 12.9. The predicted molar refractivity (Wildman–Crippen MR) is 92.3 cm³/mol. The van der Waals surface area contributed by atoms with Crippen LogP contribution in [-0.4, -0.2) is 31.0 Å². The number of nitrogens with one attached hydrogen (secondary N) is 1. The highest BCUT2D eigenvalue weighted by atomic mass is 32.1. The van der Waals surface area contributed by atoms with Crippen LogP contribution in [0.3, 0.4) is 0 Å². The van der Waals surface area contributed by atoms with Crippen LogP contribution in [0.4, 0.5) is 24.1 Å². The molecule has 0 saturated carbocycles. The van der Waals surface area contributed by atoms with Gasteiger partial charge in [-0.05, 0) is 25.1 Å². The van der Waals surface area contributed by atoms with Crippen LogP contribution in [-0.2, 0) is 12.6 Å². The Morgan fingerprint density at radius 1 is 1.26 bits per heavy atom. The normalized spacial score (nSPS) is 11.4. The Kier molecular flexibility index (Phi) is 5.51. The first kappa shape index (κ1) is 19.0. The predicted octanol–water partition coefficient (Wildman–Crippen LogP) is 3.73. The van der Waals surface area contributed by atoms with E-state index in [1.165, 1.54) is 0 Å². The number of aliphatic hydroxyl groups excluding tert-OH is 1. The van der Waals surface area contributed by atoms with Crippen molar-refractivity contribution in [1.29, 1.82) is 0 Å². The van der Waals surface area contributed by atoms with E-state index in [4.69, 9.17) is 9.84 Å². The van der Waals surface area contributed by atoms with Gasteiger partial charge < -0.3 is 15.2 Å². The number of rotatable bonds is 6. The fourth-order valence-electron chi connectivity index (χ4n) is 2.07. The molecule has 0 aliphatic heterocycles. The van der Waals surface area contributed by atoms with Gasteiger partial charge in [-0.1, -0.05) is 0 Å². The van der Waals surface area contributed by atoms with Crippen LogP contribution >= 0.6 is 11.5 Å². The molecule has 0 aromatic carbocycles. The van der Waals surface area contributed by atoms with Gasteiger partial charge in [0.25, 0.3) is 0 Å². The molecule has 0 atom stereocenters. The van der Waals surface area contributed by atoms with E-state index < -0.39 is 11.7 Å². The number of hydrogen-bond acceptors (Lipinski definition) is 8. The minimum Gasteiger partial charge on any atom is -0.452 e. The molecule has 0 aliphatic carbocycles. The van der Waals surface area contributed by atoms with E-state index >= 15 is 0 Å². The van der Waals surface area contributed by atoms with E-state index in [9.17, 15) is 13.2 Å². The summed E-state index contributed by atoms with van der Waals surface area (Å²) in [5, 5.41) is 12.0. The Labute approximate surface area is 156 Å². The maximum atomic E-state index is 13.1. The average molecular weight is 397 g/mol. The number of nitrogens with zero attached hydrogens (tertiary/aromatic N) is 4. The topological polar surface area (TPSA) is 93.1 Å². The number of halogens is 3. The van der Waals surface area contributed by atoms with Gasteiger partial charge in [-0.2, -0.15) is 17.5 Å². The first-order valence-electron chi connectivity index (χ1n) is 7.74. The number of alkyl halides is 3. The zero-order valence-electron chi connectivity index (χ0n) is 14.0. The minimum absolute atomic E-state index is 0.0537. The molecule has 0 fully saturated rings. The second-order valence-corrected chi connectivity index (χ2v) is 6.12. The quantitative estimate of drug-likeness (QED) is 0.655. The lowest BCUT2D eigenvalue weighted by Crippen LogP contribution is -2.07. The van der Waals surface area contributed by atoms with Crippen molar-refractivity contribution in [3.63, 3.8) is 0 Å². The lowest BCUT2D eigenvalue weighted by atomic mass is 10.2. The smallest absolute Gasteiger partial charge is 0.418 e. The SMILES string of the molecule is Cc1ncccc1Oc1cc(C(F)(F)F)cnc1Nc1nc(CCO)ns1. The summed E-state index contributed by atoms with van der Waals surface area (Å²) in [4.78, 5) is 12.0. The summed E-state index contributed by atoms with van der Waals surface area (Å²) in [6.45, 7) is 1.57. The molecule has 3 heterocycles. The number of hydrogen-bond donors (Lipinski definition) is 2. The number of pyridine rings is 2. The summed E-state index contributed by atoms with van der Waals surface area (Å²) >= 11 is 0.999. The van der Waals surface area contributed by atoms with Gasteiger partial charge in [-0.3, -0.25) is 4.98 Å². The highest BCUT2D eigenvalue weighted by molar-refractivity contribution is 7.09. The monoisotopic (exact) mass is 397 g/mol. The van der Waals surface area contributed by atoms with E-state index in [2.05, 4.69) is 24.6 Å². The number of ether oxygens (including phenoxy) is 1. The molecule has 3 aromatic rings. The lowest BCUT2D eigenvalue weighted by molar-refractivity contribution is -0.137. The molecule has 142 valence electrons. The van der Waals surface area contributed by atoms with Crippen molar-refractivity contribution >= 4 is 22.5 Å². The van der Waals surface area contributed by atoms with Gasteiger partial charge in [0, 0.05) is 30.3 Å². The van der Waals surface area contributed by atoms with Crippen molar-refractivity contribution in [1.82, 2.24) is 19.3 Å². The van der Waals surface area contributed by atoms with Crippen molar-refractivity contribution in [2.75, 3.05) is 11.9 Å². The lowest BCUT2D eigenvalue weighted by Gasteiger charge is -2.14. The van der Waals surface area contributed by atoms with Crippen LogP contribution in [0.2, 0.25) is 0 Å². The second kappa shape index (κ2) is 7.84. The van der Waals surface area contributed by atoms with Crippen LogP contribution in [0.15, 0.2) is 30.6 Å². The summed E-state index contributed by atoms with van der Waals surface area (Å²) < 4.78 is 48.8. The van der Waals surface area contributed by atoms with Crippen molar-refractivity contribution in [3.8, 4) is 11.5 Å². The molecule has 0 unspecified atom stereocenters. The Balaban J connectivity index is 1.95. The molecule has 0 aliphatic rings. The maximum absolute atomic E-state index is 13.1. The van der Waals surface area contributed by atoms with Crippen LogP contribution in [0.25, 0.3) is 0 Å². The fourth-order valence-corrected chi connectivity index (χ4v) is 2.69. The Bertz CT molecular complexity index is 932. The van der Waals surface area contributed by atoms with E-state index in [1.54, 1.807) is 25.3 Å². The van der Waals surface area contributed by atoms with Crippen LogP contribution < -0.4 is 10.1 Å². The second-order valence-electron chi connectivity index (χ2n) is 5.37. The highest BCUT2D eigenvalue weighted by Crippen LogP contribution is 2.37. The standard InChI is InChI=1S/C16H14F3N5O2S/c1-9-11(3-2-5-20-9)26-12-7-10(16(17,18)19)8-21-14(12)23-15-22-13(4-6-25)24-27-15/h2-3,5,7-8,25H,4,6H2,1H3,(H,21,22,23,24). The molecule has 0 amide bonds. The molecule has 3 rings (SSSR count). The first-order valence-corrected chi connectivity index (χ1v) is 8.51. The third-order valence-electron chi connectivity index (χ3n) is 3.39. The molecule has 0 spiro atoms. The van der Waals surface area contributed by atoms with Gasteiger partial charge in [-0.15, -0.1) is 0 Å². The van der Waals surface area contributed by atoms with Gasteiger partial charge in [0.1, 0.15) is 11.6 Å². The molecule has 0 bridgehead atoms. The molecule has 0 radical (unpaired) electrons. The summed E-state index contributed by atoms with van der Waals surface area (Å²) in [5.41, 5.74) is -0.426. The Morgan fingerprint density at radius 2 is 2.07 bits per heavy atom. The summed E-state index contributed by atoms with van der Waals surface area (Å²) in [7, 11) is 0. The number of anilines is 2. The van der Waals surface area contributed by atoms with E-state index in [0.717, 1.165) is 17.6 Å². The van der Waals surface area contributed by atoms with Crippen molar-refractivity contribution in [2.45, 2.75) is 19.5 Å². The minimum atomic E-state index is -4.56. The third-order valence-corrected chi connectivity index (χ3v) is 4.06. The molecular weight excluding hydrogens is 383 g/mol. The molecule has 27 heavy (non-hydrogen) atoms. The van der Waals surface area contributed by atoms with E-state index in [0.29, 0.717) is 28.6 Å². The summed E-state index contributed by atoms with van der Waals surface area (Å²) in [6.07, 6.45) is -2.03. The zero-order chi connectivity index (χ0) is 19.4. The molecule has 2 N–H and O–H groups in total. The fraction of sp³-hybridized carbons (Fsp3) is 0.250. The summed E-state index contributed by atoms with van der Waals surface area (Å²) in [5.74, 6) is 0.653. The Morgan fingerprint density at radius 3 is 2.78 bits per heavy atom. The number of aliphatic hydroxyl groups is 1. The van der Waals surface area contributed by atoms with Crippen LogP contribution in [0, 0.1) is 6.92 Å². The van der Waals surface area contributed by atoms with Gasteiger partial charge in [-0.25, -0.2) is 9.97 Å². The highest BCUT2D eigenvalue weighted by Gasteiger charge is 2.32. The van der Waals surface area contributed by atoms with E-state index in [1.807, 2.05) is 0 Å². The zero-order valence-corrected chi connectivity index (χ0v) is 14.8. The molecule has 11 heteroatoms. The van der Waals surface area contributed by atoms with Crippen LogP contribution in [0.5, 0.6) is 11.5 Å². The molecule has 7 nitrogen and oxygen atoms in total. The van der Waals surface area contributed by atoms with Gasteiger partial charge in [0.15, 0.2) is 11.6 Å². The van der Waals surface area contributed by atoms with Crippen molar-refractivity contribution in [3.05, 3.63) is 47.7 Å². The molecule has 3 aromatic heterocycles.